The average Bonchev–Trinajstić information content (AvgIpc) is 3.08. The van der Waals surface area contributed by atoms with E-state index in [0.717, 1.165) is 50.7 Å². The van der Waals surface area contributed by atoms with Crippen LogP contribution < -0.4 is 9.80 Å². The van der Waals surface area contributed by atoms with Crippen molar-refractivity contribution in [3.05, 3.63) is 35.4 Å². The molecule has 6 heteroatoms. The molecule has 0 radical (unpaired) electrons. The fraction of sp³-hybridized carbons (Fsp3) is 0.579. The summed E-state index contributed by atoms with van der Waals surface area (Å²) in [5, 5.41) is 8.89. The Bertz CT molecular complexity index is 764. The van der Waals surface area contributed by atoms with Crippen LogP contribution in [-0.4, -0.2) is 46.3 Å². The number of hydrogen-bond acceptors (Lipinski definition) is 6. The van der Waals surface area contributed by atoms with E-state index in [-0.39, 0.29) is 0 Å². The zero-order chi connectivity index (χ0) is 16.6. The van der Waals surface area contributed by atoms with Crippen molar-refractivity contribution in [3.63, 3.8) is 0 Å². The molecule has 130 valence electrons. The maximum absolute atomic E-state index is 4.52. The first-order valence-electron chi connectivity index (χ1n) is 9.54. The number of piperazine rings is 1. The standard InChI is InChI=1S/C19H24N6/c1-3-14(4-1)17-12-18(21-13-20-17)24-7-9-25(10-8-24)19-11-15-5-2-6-16(15)22-23-19/h11-14H,1-10H2. The summed E-state index contributed by atoms with van der Waals surface area (Å²) in [4.78, 5) is 13.7. The van der Waals surface area contributed by atoms with E-state index in [1.807, 2.05) is 0 Å². The first-order chi connectivity index (χ1) is 12.4. The monoisotopic (exact) mass is 336 g/mol. The highest BCUT2D eigenvalue weighted by Gasteiger charge is 2.24. The van der Waals surface area contributed by atoms with Crippen molar-refractivity contribution < 1.29 is 0 Å². The lowest BCUT2D eigenvalue weighted by atomic mass is 9.83. The molecule has 2 aromatic rings. The molecule has 5 rings (SSSR count). The lowest BCUT2D eigenvalue weighted by molar-refractivity contribution is 0.410. The van der Waals surface area contributed by atoms with E-state index in [2.05, 4.69) is 42.1 Å². The van der Waals surface area contributed by atoms with Gasteiger partial charge in [0.25, 0.3) is 0 Å². The molecule has 3 heterocycles. The second kappa shape index (κ2) is 6.24. The van der Waals surface area contributed by atoms with Gasteiger partial charge < -0.3 is 9.80 Å². The summed E-state index contributed by atoms with van der Waals surface area (Å²) < 4.78 is 0. The molecule has 0 N–H and O–H groups in total. The summed E-state index contributed by atoms with van der Waals surface area (Å²) in [6.07, 6.45) is 9.10. The minimum Gasteiger partial charge on any atom is -0.353 e. The molecule has 1 aliphatic heterocycles. The third-order valence-corrected chi connectivity index (χ3v) is 5.93. The second-order valence-corrected chi connectivity index (χ2v) is 7.43. The molecular formula is C19H24N6. The van der Waals surface area contributed by atoms with Crippen molar-refractivity contribution in [2.75, 3.05) is 36.0 Å². The molecule has 3 aliphatic rings. The second-order valence-electron chi connectivity index (χ2n) is 7.43. The van der Waals surface area contributed by atoms with Gasteiger partial charge in [0.1, 0.15) is 12.1 Å². The minimum absolute atomic E-state index is 0.657. The summed E-state index contributed by atoms with van der Waals surface area (Å²) in [5.41, 5.74) is 3.82. The van der Waals surface area contributed by atoms with Crippen LogP contribution >= 0.6 is 0 Å². The smallest absolute Gasteiger partial charge is 0.151 e. The van der Waals surface area contributed by atoms with Gasteiger partial charge in [0, 0.05) is 43.9 Å². The van der Waals surface area contributed by atoms with E-state index < -0.39 is 0 Å². The van der Waals surface area contributed by atoms with Gasteiger partial charge in [-0.2, -0.15) is 5.10 Å². The molecule has 1 saturated carbocycles. The summed E-state index contributed by atoms with van der Waals surface area (Å²) in [7, 11) is 0. The first-order valence-corrected chi connectivity index (χ1v) is 9.54. The number of anilines is 2. The number of rotatable bonds is 3. The number of aromatic nitrogens is 4. The number of hydrogen-bond donors (Lipinski definition) is 0. The molecule has 0 unspecified atom stereocenters. The number of nitrogens with zero attached hydrogens (tertiary/aromatic N) is 6. The summed E-state index contributed by atoms with van der Waals surface area (Å²) in [6.45, 7) is 3.88. The lowest BCUT2D eigenvalue weighted by Crippen LogP contribution is -2.47. The van der Waals surface area contributed by atoms with Crippen LogP contribution in [0, 0.1) is 0 Å². The predicted molar refractivity (Wildman–Crippen MR) is 97.1 cm³/mol. The molecule has 6 nitrogen and oxygen atoms in total. The van der Waals surface area contributed by atoms with E-state index >= 15 is 0 Å². The molecule has 2 aliphatic carbocycles. The maximum Gasteiger partial charge on any atom is 0.151 e. The van der Waals surface area contributed by atoms with Crippen LogP contribution in [-0.2, 0) is 12.8 Å². The Balaban J connectivity index is 1.27. The molecule has 1 saturated heterocycles. The highest BCUT2D eigenvalue weighted by atomic mass is 15.3. The van der Waals surface area contributed by atoms with Crippen LogP contribution in [0.1, 0.15) is 48.6 Å². The molecule has 0 bridgehead atoms. The maximum atomic E-state index is 4.52. The SMILES string of the molecule is c1nc(C2CCC2)cc(N2CCN(c3cc4c(nn3)CCC4)CC2)n1. The van der Waals surface area contributed by atoms with Crippen molar-refractivity contribution in [1.82, 2.24) is 20.2 Å². The van der Waals surface area contributed by atoms with Crippen molar-refractivity contribution in [1.29, 1.82) is 0 Å². The quantitative estimate of drug-likeness (QED) is 0.857. The van der Waals surface area contributed by atoms with Gasteiger partial charge in [0.15, 0.2) is 5.82 Å². The van der Waals surface area contributed by atoms with Gasteiger partial charge in [-0.25, -0.2) is 9.97 Å². The van der Waals surface area contributed by atoms with E-state index in [9.17, 15) is 0 Å². The molecule has 0 aromatic carbocycles. The van der Waals surface area contributed by atoms with Gasteiger partial charge in [-0.1, -0.05) is 6.42 Å². The van der Waals surface area contributed by atoms with Crippen LogP contribution in [0.4, 0.5) is 11.6 Å². The fourth-order valence-electron chi connectivity index (χ4n) is 4.10. The van der Waals surface area contributed by atoms with Gasteiger partial charge in [0.2, 0.25) is 0 Å². The van der Waals surface area contributed by atoms with Crippen molar-refractivity contribution in [2.45, 2.75) is 44.4 Å². The summed E-state index contributed by atoms with van der Waals surface area (Å²) >= 11 is 0. The third-order valence-electron chi connectivity index (χ3n) is 5.93. The molecule has 2 fully saturated rings. The zero-order valence-electron chi connectivity index (χ0n) is 14.6. The molecule has 0 atom stereocenters. The van der Waals surface area contributed by atoms with Crippen LogP contribution in [0.25, 0.3) is 0 Å². The Labute approximate surface area is 148 Å². The minimum atomic E-state index is 0.657. The highest BCUT2D eigenvalue weighted by molar-refractivity contribution is 5.47. The summed E-state index contributed by atoms with van der Waals surface area (Å²) in [5.74, 6) is 2.78. The zero-order valence-corrected chi connectivity index (χ0v) is 14.6. The van der Waals surface area contributed by atoms with Gasteiger partial charge in [0.05, 0.1) is 5.69 Å². The molecule has 0 amide bonds. The van der Waals surface area contributed by atoms with Gasteiger partial charge in [-0.05, 0) is 43.7 Å². The Morgan fingerprint density at radius 1 is 0.800 bits per heavy atom. The molecule has 25 heavy (non-hydrogen) atoms. The Hall–Kier alpha value is -2.24. The highest BCUT2D eigenvalue weighted by Crippen LogP contribution is 2.36. The topological polar surface area (TPSA) is 58.0 Å². The van der Waals surface area contributed by atoms with E-state index in [4.69, 9.17) is 0 Å². The van der Waals surface area contributed by atoms with Crippen molar-refractivity contribution >= 4 is 11.6 Å². The van der Waals surface area contributed by atoms with Gasteiger partial charge in [-0.3, -0.25) is 0 Å². The van der Waals surface area contributed by atoms with E-state index in [1.54, 1.807) is 6.33 Å². The first kappa shape index (κ1) is 15.0. The van der Waals surface area contributed by atoms with Crippen LogP contribution in [0.5, 0.6) is 0 Å². The summed E-state index contributed by atoms with van der Waals surface area (Å²) in [6, 6.07) is 4.46. The van der Waals surface area contributed by atoms with E-state index in [0.29, 0.717) is 5.92 Å². The van der Waals surface area contributed by atoms with Crippen molar-refractivity contribution in [3.8, 4) is 0 Å². The van der Waals surface area contributed by atoms with Gasteiger partial charge >= 0.3 is 0 Å². The number of aryl methyl sites for hydroxylation is 2. The molecular weight excluding hydrogens is 312 g/mol. The van der Waals surface area contributed by atoms with E-state index in [1.165, 1.54) is 42.6 Å². The molecule has 2 aromatic heterocycles. The Morgan fingerprint density at radius 2 is 1.60 bits per heavy atom. The molecule has 0 spiro atoms. The largest absolute Gasteiger partial charge is 0.353 e. The van der Waals surface area contributed by atoms with Crippen LogP contribution in [0.3, 0.4) is 0 Å². The average molecular weight is 336 g/mol. The Kier molecular flexibility index (Phi) is 3.76. The Morgan fingerprint density at radius 3 is 2.36 bits per heavy atom. The third kappa shape index (κ3) is 2.83. The predicted octanol–water partition coefficient (Wildman–Crippen LogP) is 2.35. The van der Waals surface area contributed by atoms with Gasteiger partial charge in [-0.15, -0.1) is 5.10 Å². The fourth-order valence-corrected chi connectivity index (χ4v) is 4.10. The lowest BCUT2D eigenvalue weighted by Gasteiger charge is -2.36. The van der Waals surface area contributed by atoms with Crippen LogP contribution in [0.2, 0.25) is 0 Å². The number of fused-ring (bicyclic) bond motifs is 1. The van der Waals surface area contributed by atoms with Crippen LogP contribution in [0.15, 0.2) is 18.5 Å². The normalized spacial score (nSPS) is 20.5. The van der Waals surface area contributed by atoms with Crippen molar-refractivity contribution in [2.24, 2.45) is 0 Å².